The van der Waals surface area contributed by atoms with Crippen LogP contribution in [0.4, 0.5) is 0 Å². The van der Waals surface area contributed by atoms with E-state index in [4.69, 9.17) is 0 Å². The third-order valence-corrected chi connectivity index (χ3v) is 4.70. The molecule has 2 heterocycles. The predicted octanol–water partition coefficient (Wildman–Crippen LogP) is 2.41. The number of carbonyl (C=O) groups excluding carboxylic acids is 1. The summed E-state index contributed by atoms with van der Waals surface area (Å²) in [6.45, 7) is 1.04. The van der Waals surface area contributed by atoms with Gasteiger partial charge in [0.05, 0.1) is 5.56 Å². The normalized spacial score (nSPS) is 11.6. The molecule has 0 saturated heterocycles. The molecule has 30 heavy (non-hydrogen) atoms. The zero-order chi connectivity index (χ0) is 21.2. The minimum Gasteiger partial charge on any atom is -0.478 e. The first kappa shape index (κ1) is 21.1. The highest BCUT2D eigenvalue weighted by molar-refractivity contribution is 5.89. The van der Waals surface area contributed by atoms with Crippen LogP contribution >= 0.6 is 0 Å². The number of amides is 1. The number of carboxylic acid groups (broad SMARTS) is 1. The molecule has 0 fully saturated rings. The summed E-state index contributed by atoms with van der Waals surface area (Å²) in [7, 11) is 0. The Morgan fingerprint density at radius 2 is 1.47 bits per heavy atom. The highest BCUT2D eigenvalue weighted by Crippen LogP contribution is 2.16. The third kappa shape index (κ3) is 6.22. The fraction of sp³-hybridized carbons (Fsp3) is 0.217. The van der Waals surface area contributed by atoms with Crippen molar-refractivity contribution < 1.29 is 14.7 Å². The van der Waals surface area contributed by atoms with Crippen LogP contribution < -0.4 is 10.6 Å². The Labute approximate surface area is 175 Å². The molecule has 1 atom stereocenters. The Kier molecular flexibility index (Phi) is 7.63. The number of nitrogens with one attached hydrogen (secondary N) is 2. The van der Waals surface area contributed by atoms with Crippen LogP contribution in [0.3, 0.4) is 0 Å². The van der Waals surface area contributed by atoms with Crippen LogP contribution in [0.1, 0.15) is 33.1 Å². The molecule has 0 saturated carbocycles. The largest absolute Gasteiger partial charge is 0.478 e. The summed E-state index contributed by atoms with van der Waals surface area (Å²) in [5.41, 5.74) is 2.96. The second kappa shape index (κ2) is 10.8. The molecule has 2 aromatic heterocycles. The molecule has 3 N–H and O–H groups in total. The number of carboxylic acids is 1. The number of nitrogens with zero attached hydrogens (tertiary/aromatic N) is 2. The molecule has 0 radical (unpaired) electrons. The summed E-state index contributed by atoms with van der Waals surface area (Å²) in [6, 6.07) is 13.5. The van der Waals surface area contributed by atoms with Gasteiger partial charge in [-0.2, -0.15) is 0 Å². The molecule has 0 aliphatic carbocycles. The lowest BCUT2D eigenvalue weighted by molar-refractivity contribution is -0.123. The van der Waals surface area contributed by atoms with E-state index >= 15 is 0 Å². The van der Waals surface area contributed by atoms with Gasteiger partial charge in [0, 0.05) is 37.9 Å². The van der Waals surface area contributed by atoms with Gasteiger partial charge in [-0.3, -0.25) is 14.8 Å². The van der Waals surface area contributed by atoms with Gasteiger partial charge in [-0.25, -0.2) is 4.79 Å². The van der Waals surface area contributed by atoms with Crippen LogP contribution in [0.5, 0.6) is 0 Å². The molecule has 0 spiro atoms. The van der Waals surface area contributed by atoms with E-state index in [1.54, 1.807) is 36.9 Å². The number of rotatable bonds is 10. The number of hydrogen-bond acceptors (Lipinski definition) is 5. The zero-order valence-corrected chi connectivity index (χ0v) is 16.5. The average Bonchev–Trinajstić information content (AvgIpc) is 2.78. The van der Waals surface area contributed by atoms with E-state index in [1.807, 2.05) is 24.3 Å². The number of hydrogen-bond donors (Lipinski definition) is 3. The fourth-order valence-corrected chi connectivity index (χ4v) is 3.11. The molecule has 7 heteroatoms. The molecular formula is C23H24N4O3. The lowest BCUT2D eigenvalue weighted by Crippen LogP contribution is -2.39. The van der Waals surface area contributed by atoms with Crippen LogP contribution in [-0.2, 0) is 17.6 Å². The van der Waals surface area contributed by atoms with Gasteiger partial charge < -0.3 is 15.7 Å². The molecule has 1 amide bonds. The van der Waals surface area contributed by atoms with Crippen molar-refractivity contribution in [2.75, 3.05) is 13.1 Å². The third-order valence-electron chi connectivity index (χ3n) is 4.70. The molecule has 0 aliphatic rings. The van der Waals surface area contributed by atoms with Gasteiger partial charge >= 0.3 is 5.97 Å². The average molecular weight is 404 g/mol. The zero-order valence-electron chi connectivity index (χ0n) is 16.5. The van der Waals surface area contributed by atoms with Gasteiger partial charge in [0.15, 0.2) is 0 Å². The first-order valence-corrected chi connectivity index (χ1v) is 9.75. The molecule has 1 aromatic carbocycles. The monoisotopic (exact) mass is 404 g/mol. The summed E-state index contributed by atoms with van der Waals surface area (Å²) in [6.07, 6.45) is 8.31. The summed E-state index contributed by atoms with van der Waals surface area (Å²) >= 11 is 0. The first-order chi connectivity index (χ1) is 14.6. The van der Waals surface area contributed by atoms with Crippen LogP contribution in [0.15, 0.2) is 73.3 Å². The van der Waals surface area contributed by atoms with Crippen molar-refractivity contribution in [2.24, 2.45) is 0 Å². The van der Waals surface area contributed by atoms with Crippen LogP contribution in [-0.4, -0.2) is 40.0 Å². The van der Waals surface area contributed by atoms with E-state index in [1.165, 1.54) is 12.1 Å². The van der Waals surface area contributed by atoms with Crippen LogP contribution in [0.25, 0.3) is 0 Å². The second-order valence-electron chi connectivity index (χ2n) is 6.82. The Morgan fingerprint density at radius 1 is 0.867 bits per heavy atom. The van der Waals surface area contributed by atoms with Crippen molar-refractivity contribution in [1.29, 1.82) is 0 Å². The second-order valence-corrected chi connectivity index (χ2v) is 6.82. The predicted molar refractivity (Wildman–Crippen MR) is 113 cm³/mol. The molecule has 1 unspecified atom stereocenters. The van der Waals surface area contributed by atoms with Crippen LogP contribution in [0.2, 0.25) is 0 Å². The molecule has 7 nitrogen and oxygen atoms in total. The molecule has 3 rings (SSSR count). The van der Waals surface area contributed by atoms with Crippen LogP contribution in [0, 0.1) is 0 Å². The van der Waals surface area contributed by atoms with E-state index < -0.39 is 12.0 Å². The van der Waals surface area contributed by atoms with E-state index in [2.05, 4.69) is 20.6 Å². The fourth-order valence-electron chi connectivity index (χ4n) is 3.11. The standard InChI is InChI=1S/C23H24N4O3/c28-22(27-15-9-18-6-12-25-13-7-18)21(19-2-1-3-20(16-19)23(29)30)26-14-8-17-4-10-24-11-5-17/h1-7,10-13,16,21,26H,8-9,14-15H2,(H,27,28)(H,29,30). The van der Waals surface area contributed by atoms with Gasteiger partial charge in [0.25, 0.3) is 0 Å². The lowest BCUT2D eigenvalue weighted by atomic mass is 10.0. The smallest absolute Gasteiger partial charge is 0.335 e. The van der Waals surface area contributed by atoms with Gasteiger partial charge in [0.2, 0.25) is 5.91 Å². The number of carbonyl (C=O) groups is 2. The van der Waals surface area contributed by atoms with Gasteiger partial charge in [-0.15, -0.1) is 0 Å². The maximum atomic E-state index is 12.9. The molecule has 3 aromatic rings. The summed E-state index contributed by atoms with van der Waals surface area (Å²) in [5, 5.41) is 15.5. The lowest BCUT2D eigenvalue weighted by Gasteiger charge is -2.19. The maximum absolute atomic E-state index is 12.9. The quantitative estimate of drug-likeness (QED) is 0.479. The van der Waals surface area contributed by atoms with Crippen molar-refractivity contribution in [1.82, 2.24) is 20.6 Å². The van der Waals surface area contributed by atoms with E-state index in [9.17, 15) is 14.7 Å². The van der Waals surface area contributed by atoms with Crippen molar-refractivity contribution in [2.45, 2.75) is 18.9 Å². The molecular weight excluding hydrogens is 380 g/mol. The molecule has 0 aliphatic heterocycles. The minimum atomic E-state index is -1.02. The van der Waals surface area contributed by atoms with Crippen molar-refractivity contribution in [3.05, 3.63) is 95.6 Å². The highest BCUT2D eigenvalue weighted by atomic mass is 16.4. The van der Waals surface area contributed by atoms with Crippen molar-refractivity contribution in [3.8, 4) is 0 Å². The summed E-state index contributed by atoms with van der Waals surface area (Å²) in [4.78, 5) is 32.2. The first-order valence-electron chi connectivity index (χ1n) is 9.75. The number of aromatic carboxylic acids is 1. The maximum Gasteiger partial charge on any atom is 0.335 e. The SMILES string of the molecule is O=C(O)c1cccc(C(NCCc2ccncc2)C(=O)NCCc2ccncc2)c1. The van der Waals surface area contributed by atoms with E-state index in [0.29, 0.717) is 25.1 Å². The summed E-state index contributed by atoms with van der Waals surface area (Å²) < 4.78 is 0. The topological polar surface area (TPSA) is 104 Å². The highest BCUT2D eigenvalue weighted by Gasteiger charge is 2.21. The van der Waals surface area contributed by atoms with Gasteiger partial charge in [-0.1, -0.05) is 12.1 Å². The Bertz CT molecular complexity index is 964. The Hall–Kier alpha value is -3.58. The van der Waals surface area contributed by atoms with E-state index in [0.717, 1.165) is 17.5 Å². The van der Waals surface area contributed by atoms with Gasteiger partial charge in [-0.05, 0) is 65.9 Å². The van der Waals surface area contributed by atoms with Crippen molar-refractivity contribution >= 4 is 11.9 Å². The number of pyridine rings is 2. The Morgan fingerprint density at radius 3 is 2.07 bits per heavy atom. The number of benzene rings is 1. The molecule has 154 valence electrons. The Balaban J connectivity index is 1.66. The minimum absolute atomic E-state index is 0.151. The van der Waals surface area contributed by atoms with Crippen molar-refractivity contribution in [3.63, 3.8) is 0 Å². The van der Waals surface area contributed by atoms with E-state index in [-0.39, 0.29) is 11.5 Å². The summed E-state index contributed by atoms with van der Waals surface area (Å²) in [5.74, 6) is -1.22. The molecule has 0 bridgehead atoms. The number of aromatic nitrogens is 2. The van der Waals surface area contributed by atoms with Gasteiger partial charge in [0.1, 0.15) is 6.04 Å².